The standard InChI is InChI=1S/C19H19N7O/c20-14-3-5-16(23-11-14)26-17(27)19(6-1-7-19)13-2-4-15(22-10-13)12-8-24-18(21)25-9-12/h2-5,8-11H,1,6-7,20H2,(H2,21,24,25)(H,23,26,27). The van der Waals surface area contributed by atoms with Crippen LogP contribution in [-0.2, 0) is 10.2 Å². The van der Waals surface area contributed by atoms with Crippen LogP contribution in [0.4, 0.5) is 17.5 Å². The van der Waals surface area contributed by atoms with Gasteiger partial charge in [-0.25, -0.2) is 15.0 Å². The van der Waals surface area contributed by atoms with Gasteiger partial charge in [-0.15, -0.1) is 0 Å². The molecule has 0 bridgehead atoms. The molecule has 1 saturated carbocycles. The third-order valence-corrected chi connectivity index (χ3v) is 4.95. The number of amides is 1. The van der Waals surface area contributed by atoms with Crippen molar-refractivity contribution >= 4 is 23.4 Å². The largest absolute Gasteiger partial charge is 0.397 e. The minimum Gasteiger partial charge on any atom is -0.397 e. The van der Waals surface area contributed by atoms with Crippen molar-refractivity contribution in [3.8, 4) is 11.3 Å². The van der Waals surface area contributed by atoms with Gasteiger partial charge < -0.3 is 16.8 Å². The molecular weight excluding hydrogens is 342 g/mol. The number of hydrogen-bond acceptors (Lipinski definition) is 7. The van der Waals surface area contributed by atoms with Crippen molar-refractivity contribution in [2.24, 2.45) is 0 Å². The maximum atomic E-state index is 13.0. The van der Waals surface area contributed by atoms with Gasteiger partial charge in [-0.1, -0.05) is 12.5 Å². The molecule has 136 valence electrons. The van der Waals surface area contributed by atoms with E-state index in [1.807, 2.05) is 12.1 Å². The van der Waals surface area contributed by atoms with Crippen molar-refractivity contribution in [1.29, 1.82) is 0 Å². The number of carbonyl (C=O) groups excluding carboxylic acids is 1. The monoisotopic (exact) mass is 361 g/mol. The summed E-state index contributed by atoms with van der Waals surface area (Å²) in [6.45, 7) is 0. The van der Waals surface area contributed by atoms with E-state index in [4.69, 9.17) is 11.5 Å². The SMILES string of the molecule is Nc1ccc(NC(=O)C2(c3ccc(-c4cnc(N)nc4)nc3)CCC2)nc1. The zero-order chi connectivity index (χ0) is 18.9. The van der Waals surface area contributed by atoms with Crippen LogP contribution in [0.5, 0.6) is 0 Å². The summed E-state index contributed by atoms with van der Waals surface area (Å²) in [5, 5.41) is 2.90. The third kappa shape index (κ3) is 3.17. The van der Waals surface area contributed by atoms with Gasteiger partial charge in [-0.05, 0) is 36.6 Å². The molecule has 1 aliphatic rings. The van der Waals surface area contributed by atoms with Crippen LogP contribution in [0.25, 0.3) is 11.3 Å². The van der Waals surface area contributed by atoms with E-state index < -0.39 is 5.41 Å². The van der Waals surface area contributed by atoms with Crippen LogP contribution in [0.15, 0.2) is 49.1 Å². The quantitative estimate of drug-likeness (QED) is 0.648. The Morgan fingerprint density at radius 2 is 1.70 bits per heavy atom. The lowest BCUT2D eigenvalue weighted by Gasteiger charge is -2.40. The van der Waals surface area contributed by atoms with Crippen molar-refractivity contribution in [2.45, 2.75) is 24.7 Å². The molecule has 0 spiro atoms. The summed E-state index contributed by atoms with van der Waals surface area (Å²) in [5.41, 5.74) is 13.5. The number of hydrogen-bond donors (Lipinski definition) is 3. The summed E-state index contributed by atoms with van der Waals surface area (Å²) >= 11 is 0. The first-order valence-corrected chi connectivity index (χ1v) is 8.64. The fourth-order valence-electron chi connectivity index (χ4n) is 3.21. The van der Waals surface area contributed by atoms with E-state index >= 15 is 0 Å². The summed E-state index contributed by atoms with van der Waals surface area (Å²) < 4.78 is 0. The number of aromatic nitrogens is 4. The topological polar surface area (TPSA) is 133 Å². The number of pyridine rings is 2. The number of carbonyl (C=O) groups is 1. The molecule has 0 unspecified atom stereocenters. The van der Waals surface area contributed by atoms with Gasteiger partial charge in [0.2, 0.25) is 11.9 Å². The lowest BCUT2D eigenvalue weighted by Crippen LogP contribution is -2.46. The molecule has 1 fully saturated rings. The number of rotatable bonds is 4. The molecule has 0 saturated heterocycles. The second kappa shape index (κ2) is 6.64. The minimum absolute atomic E-state index is 0.0728. The van der Waals surface area contributed by atoms with Crippen LogP contribution in [0.3, 0.4) is 0 Å². The third-order valence-electron chi connectivity index (χ3n) is 4.95. The van der Waals surface area contributed by atoms with Gasteiger partial charge in [0.15, 0.2) is 0 Å². The highest BCUT2D eigenvalue weighted by atomic mass is 16.2. The van der Waals surface area contributed by atoms with Gasteiger partial charge in [-0.3, -0.25) is 9.78 Å². The first-order valence-electron chi connectivity index (χ1n) is 8.64. The Labute approximate surface area is 156 Å². The first kappa shape index (κ1) is 16.9. The molecule has 3 aromatic heterocycles. The van der Waals surface area contributed by atoms with Gasteiger partial charge >= 0.3 is 0 Å². The second-order valence-corrected chi connectivity index (χ2v) is 6.63. The van der Waals surface area contributed by atoms with Crippen LogP contribution in [0.2, 0.25) is 0 Å². The van der Waals surface area contributed by atoms with Crippen LogP contribution >= 0.6 is 0 Å². The maximum absolute atomic E-state index is 13.0. The van der Waals surface area contributed by atoms with E-state index in [9.17, 15) is 4.79 Å². The predicted octanol–water partition coefficient (Wildman–Crippen LogP) is 2.16. The van der Waals surface area contributed by atoms with E-state index in [0.717, 1.165) is 36.1 Å². The fourth-order valence-corrected chi connectivity index (χ4v) is 3.21. The highest BCUT2D eigenvalue weighted by molar-refractivity contribution is 5.99. The molecule has 8 heteroatoms. The van der Waals surface area contributed by atoms with Gasteiger partial charge in [0.05, 0.1) is 23.0 Å². The highest BCUT2D eigenvalue weighted by Crippen LogP contribution is 2.44. The van der Waals surface area contributed by atoms with E-state index in [1.165, 1.54) is 6.20 Å². The lowest BCUT2D eigenvalue weighted by molar-refractivity contribution is -0.124. The molecule has 5 N–H and O–H groups in total. The second-order valence-electron chi connectivity index (χ2n) is 6.63. The lowest BCUT2D eigenvalue weighted by atomic mass is 9.64. The summed E-state index contributed by atoms with van der Waals surface area (Å²) in [4.78, 5) is 29.6. The van der Waals surface area contributed by atoms with Crippen LogP contribution in [0.1, 0.15) is 24.8 Å². The molecule has 1 aliphatic carbocycles. The van der Waals surface area contributed by atoms with Crippen LogP contribution in [0, 0.1) is 0 Å². The summed E-state index contributed by atoms with van der Waals surface area (Å²) in [7, 11) is 0. The Balaban J connectivity index is 1.57. The van der Waals surface area contributed by atoms with Crippen molar-refractivity contribution in [3.63, 3.8) is 0 Å². The Hall–Kier alpha value is -3.55. The Bertz CT molecular complexity index is 949. The zero-order valence-corrected chi connectivity index (χ0v) is 14.6. The molecule has 0 radical (unpaired) electrons. The highest BCUT2D eigenvalue weighted by Gasteiger charge is 2.46. The average molecular weight is 361 g/mol. The molecule has 4 rings (SSSR count). The van der Waals surface area contributed by atoms with E-state index in [2.05, 4.69) is 25.3 Å². The van der Waals surface area contributed by atoms with Crippen molar-refractivity contribution in [3.05, 3.63) is 54.6 Å². The maximum Gasteiger partial charge on any atom is 0.236 e. The molecule has 3 aromatic rings. The van der Waals surface area contributed by atoms with Gasteiger partial charge in [0.1, 0.15) is 5.82 Å². The smallest absolute Gasteiger partial charge is 0.236 e. The normalized spacial score (nSPS) is 15.0. The average Bonchev–Trinajstić information content (AvgIpc) is 2.64. The Kier molecular flexibility index (Phi) is 4.15. The Morgan fingerprint density at radius 1 is 0.926 bits per heavy atom. The van der Waals surface area contributed by atoms with E-state index in [0.29, 0.717) is 11.5 Å². The molecule has 27 heavy (non-hydrogen) atoms. The number of nitrogen functional groups attached to an aromatic ring is 2. The summed E-state index contributed by atoms with van der Waals surface area (Å²) in [6, 6.07) is 7.22. The summed E-state index contributed by atoms with van der Waals surface area (Å²) in [6.07, 6.45) is 9.08. The number of anilines is 3. The molecule has 0 aromatic carbocycles. The number of nitrogens with zero attached hydrogens (tertiary/aromatic N) is 4. The van der Waals surface area contributed by atoms with Crippen LogP contribution in [-0.4, -0.2) is 25.8 Å². The van der Waals surface area contributed by atoms with E-state index in [-0.39, 0.29) is 11.9 Å². The predicted molar refractivity (Wildman–Crippen MR) is 102 cm³/mol. The molecule has 1 amide bonds. The Morgan fingerprint density at radius 3 is 2.26 bits per heavy atom. The van der Waals surface area contributed by atoms with Crippen LogP contribution < -0.4 is 16.8 Å². The van der Waals surface area contributed by atoms with Gasteiger partial charge in [0.25, 0.3) is 0 Å². The number of nitrogens with one attached hydrogen (secondary N) is 1. The molecule has 0 aliphatic heterocycles. The zero-order valence-electron chi connectivity index (χ0n) is 14.6. The molecule has 3 heterocycles. The van der Waals surface area contributed by atoms with E-state index in [1.54, 1.807) is 30.7 Å². The number of nitrogens with two attached hydrogens (primary N) is 2. The molecular formula is C19H19N7O. The minimum atomic E-state index is -0.577. The van der Waals surface area contributed by atoms with Crippen molar-refractivity contribution in [1.82, 2.24) is 19.9 Å². The van der Waals surface area contributed by atoms with Gasteiger partial charge in [0, 0.05) is 24.2 Å². The summed E-state index contributed by atoms with van der Waals surface area (Å²) in [5.74, 6) is 0.636. The molecule has 0 atom stereocenters. The fraction of sp³-hybridized carbons (Fsp3) is 0.211. The van der Waals surface area contributed by atoms with Gasteiger partial charge in [-0.2, -0.15) is 0 Å². The van der Waals surface area contributed by atoms with Crippen molar-refractivity contribution < 1.29 is 4.79 Å². The first-order chi connectivity index (χ1) is 13.1. The molecule has 8 nitrogen and oxygen atoms in total. The van der Waals surface area contributed by atoms with Crippen molar-refractivity contribution in [2.75, 3.05) is 16.8 Å².